The standard InChI is InChI=1S/C17H12FNO2S/c1-21-17(20)14-15(11-7-9-13(18)10-8-11)22-16(19-14)12-5-3-2-4-6-12/h2-10H,1H3. The molecule has 0 aliphatic heterocycles. The molecule has 0 aliphatic carbocycles. The highest BCUT2D eigenvalue weighted by Gasteiger charge is 2.20. The predicted octanol–water partition coefficient (Wildman–Crippen LogP) is 4.40. The zero-order chi connectivity index (χ0) is 15.5. The molecule has 0 atom stereocenters. The zero-order valence-corrected chi connectivity index (χ0v) is 12.6. The predicted molar refractivity (Wildman–Crippen MR) is 84.3 cm³/mol. The molecule has 110 valence electrons. The second-order valence-corrected chi connectivity index (χ2v) is 5.56. The van der Waals surface area contributed by atoms with Crippen LogP contribution in [0.4, 0.5) is 4.39 Å². The minimum atomic E-state index is -0.502. The monoisotopic (exact) mass is 313 g/mol. The number of hydrogen-bond acceptors (Lipinski definition) is 4. The lowest BCUT2D eigenvalue weighted by Gasteiger charge is -2.00. The molecular weight excluding hydrogens is 301 g/mol. The molecule has 3 rings (SSSR count). The maximum Gasteiger partial charge on any atom is 0.358 e. The normalized spacial score (nSPS) is 10.5. The van der Waals surface area contributed by atoms with Crippen LogP contribution < -0.4 is 0 Å². The third-order valence-electron chi connectivity index (χ3n) is 3.13. The van der Waals surface area contributed by atoms with Crippen LogP contribution in [0.15, 0.2) is 54.6 Å². The molecule has 5 heteroatoms. The molecule has 0 unspecified atom stereocenters. The Kier molecular flexibility index (Phi) is 3.98. The van der Waals surface area contributed by atoms with Crippen molar-refractivity contribution in [1.29, 1.82) is 0 Å². The summed E-state index contributed by atoms with van der Waals surface area (Å²) >= 11 is 1.38. The van der Waals surface area contributed by atoms with E-state index in [0.29, 0.717) is 4.88 Å². The number of benzene rings is 2. The Morgan fingerprint density at radius 2 is 1.73 bits per heavy atom. The number of carbonyl (C=O) groups excluding carboxylic acids is 1. The van der Waals surface area contributed by atoms with Gasteiger partial charge in [0.05, 0.1) is 12.0 Å². The summed E-state index contributed by atoms with van der Waals surface area (Å²) in [7, 11) is 1.32. The highest BCUT2D eigenvalue weighted by atomic mass is 32.1. The minimum Gasteiger partial charge on any atom is -0.464 e. The summed E-state index contributed by atoms with van der Waals surface area (Å²) in [6, 6.07) is 15.6. The molecule has 1 aromatic heterocycles. The first-order valence-corrected chi connectivity index (χ1v) is 7.41. The van der Waals surface area contributed by atoms with Gasteiger partial charge in [0.25, 0.3) is 0 Å². The van der Waals surface area contributed by atoms with Gasteiger partial charge in [-0.3, -0.25) is 0 Å². The fourth-order valence-corrected chi connectivity index (χ4v) is 3.12. The van der Waals surface area contributed by atoms with Gasteiger partial charge in [0, 0.05) is 5.56 Å². The molecular formula is C17H12FNO2S. The van der Waals surface area contributed by atoms with E-state index in [4.69, 9.17) is 4.74 Å². The molecule has 0 aliphatic rings. The van der Waals surface area contributed by atoms with Crippen molar-refractivity contribution >= 4 is 17.3 Å². The van der Waals surface area contributed by atoms with Crippen LogP contribution >= 0.6 is 11.3 Å². The van der Waals surface area contributed by atoms with Crippen molar-refractivity contribution in [2.45, 2.75) is 0 Å². The molecule has 0 N–H and O–H groups in total. The first-order valence-electron chi connectivity index (χ1n) is 6.59. The Morgan fingerprint density at radius 1 is 1.05 bits per heavy atom. The number of esters is 1. The number of hydrogen-bond donors (Lipinski definition) is 0. The van der Waals surface area contributed by atoms with Crippen LogP contribution in [-0.4, -0.2) is 18.1 Å². The minimum absolute atomic E-state index is 0.248. The van der Waals surface area contributed by atoms with Gasteiger partial charge in [-0.25, -0.2) is 14.2 Å². The fourth-order valence-electron chi connectivity index (χ4n) is 2.06. The second-order valence-electron chi connectivity index (χ2n) is 4.56. The van der Waals surface area contributed by atoms with Crippen LogP contribution in [0.25, 0.3) is 21.0 Å². The van der Waals surface area contributed by atoms with Crippen molar-refractivity contribution in [2.75, 3.05) is 7.11 Å². The number of halogens is 1. The van der Waals surface area contributed by atoms with E-state index in [1.54, 1.807) is 12.1 Å². The molecule has 0 radical (unpaired) electrons. The van der Waals surface area contributed by atoms with Crippen molar-refractivity contribution in [3.63, 3.8) is 0 Å². The third-order valence-corrected chi connectivity index (χ3v) is 4.29. The van der Waals surface area contributed by atoms with Gasteiger partial charge in [-0.05, 0) is 17.7 Å². The summed E-state index contributed by atoms with van der Waals surface area (Å²) in [6.07, 6.45) is 0. The summed E-state index contributed by atoms with van der Waals surface area (Å²) in [5.74, 6) is -0.825. The molecule has 0 bridgehead atoms. The van der Waals surface area contributed by atoms with Crippen LogP contribution in [0.5, 0.6) is 0 Å². The van der Waals surface area contributed by atoms with Crippen molar-refractivity contribution in [3.05, 3.63) is 66.1 Å². The maximum absolute atomic E-state index is 13.1. The fraction of sp³-hybridized carbons (Fsp3) is 0.0588. The highest BCUT2D eigenvalue weighted by molar-refractivity contribution is 7.18. The van der Waals surface area contributed by atoms with Gasteiger partial charge < -0.3 is 4.74 Å². The quantitative estimate of drug-likeness (QED) is 0.673. The molecule has 3 nitrogen and oxygen atoms in total. The van der Waals surface area contributed by atoms with E-state index in [1.807, 2.05) is 30.3 Å². The first-order chi connectivity index (χ1) is 10.7. The zero-order valence-electron chi connectivity index (χ0n) is 11.7. The lowest BCUT2D eigenvalue weighted by molar-refractivity contribution is 0.0596. The summed E-state index contributed by atoms with van der Waals surface area (Å²) in [6.45, 7) is 0. The molecule has 0 spiro atoms. The lowest BCUT2D eigenvalue weighted by atomic mass is 10.1. The average molecular weight is 313 g/mol. The molecule has 0 amide bonds. The van der Waals surface area contributed by atoms with E-state index in [-0.39, 0.29) is 11.5 Å². The van der Waals surface area contributed by atoms with Gasteiger partial charge >= 0.3 is 5.97 Å². The molecule has 3 aromatic rings. The van der Waals surface area contributed by atoms with Gasteiger partial charge in [-0.1, -0.05) is 42.5 Å². The third kappa shape index (κ3) is 2.76. The maximum atomic E-state index is 13.1. The van der Waals surface area contributed by atoms with E-state index in [1.165, 1.54) is 30.6 Å². The second kappa shape index (κ2) is 6.07. The summed E-state index contributed by atoms with van der Waals surface area (Å²) in [4.78, 5) is 17.0. The van der Waals surface area contributed by atoms with Crippen LogP contribution in [0, 0.1) is 5.82 Å². The van der Waals surface area contributed by atoms with Gasteiger partial charge in [0.1, 0.15) is 10.8 Å². The van der Waals surface area contributed by atoms with E-state index in [0.717, 1.165) is 16.1 Å². The van der Waals surface area contributed by atoms with E-state index >= 15 is 0 Å². The van der Waals surface area contributed by atoms with Crippen LogP contribution in [0.1, 0.15) is 10.5 Å². The number of ether oxygens (including phenoxy) is 1. The Hall–Kier alpha value is -2.53. The van der Waals surface area contributed by atoms with Crippen molar-refractivity contribution in [2.24, 2.45) is 0 Å². The lowest BCUT2D eigenvalue weighted by Crippen LogP contribution is -2.03. The Balaban J connectivity index is 2.13. The van der Waals surface area contributed by atoms with Gasteiger partial charge in [-0.2, -0.15) is 0 Å². The molecule has 0 saturated carbocycles. The topological polar surface area (TPSA) is 39.2 Å². The van der Waals surface area contributed by atoms with Crippen molar-refractivity contribution in [1.82, 2.24) is 4.98 Å². The highest BCUT2D eigenvalue weighted by Crippen LogP contribution is 2.35. The number of nitrogens with zero attached hydrogens (tertiary/aromatic N) is 1. The van der Waals surface area contributed by atoms with Crippen LogP contribution in [0.2, 0.25) is 0 Å². The number of rotatable bonds is 3. The summed E-state index contributed by atoms with van der Waals surface area (Å²) in [5, 5.41) is 0.723. The van der Waals surface area contributed by atoms with E-state index in [2.05, 4.69) is 4.98 Å². The molecule has 1 heterocycles. The molecule has 0 fully saturated rings. The van der Waals surface area contributed by atoms with Crippen LogP contribution in [0.3, 0.4) is 0 Å². The number of aromatic nitrogens is 1. The Morgan fingerprint density at radius 3 is 2.36 bits per heavy atom. The molecule has 2 aromatic carbocycles. The van der Waals surface area contributed by atoms with E-state index < -0.39 is 5.97 Å². The smallest absolute Gasteiger partial charge is 0.358 e. The van der Waals surface area contributed by atoms with Gasteiger partial charge in [-0.15, -0.1) is 11.3 Å². The van der Waals surface area contributed by atoms with Crippen molar-refractivity contribution < 1.29 is 13.9 Å². The largest absolute Gasteiger partial charge is 0.464 e. The van der Waals surface area contributed by atoms with Gasteiger partial charge in [0.2, 0.25) is 0 Å². The Bertz CT molecular complexity index is 797. The van der Waals surface area contributed by atoms with Gasteiger partial charge in [0.15, 0.2) is 5.69 Å². The SMILES string of the molecule is COC(=O)c1nc(-c2ccccc2)sc1-c1ccc(F)cc1. The summed E-state index contributed by atoms with van der Waals surface area (Å²) < 4.78 is 17.9. The summed E-state index contributed by atoms with van der Waals surface area (Å²) in [5.41, 5.74) is 1.91. The first kappa shape index (κ1) is 14.4. The number of thiazole rings is 1. The van der Waals surface area contributed by atoms with E-state index in [9.17, 15) is 9.18 Å². The molecule has 0 saturated heterocycles. The van der Waals surface area contributed by atoms with Crippen LogP contribution in [-0.2, 0) is 4.74 Å². The average Bonchev–Trinajstić information content (AvgIpc) is 3.01. The Labute approximate surface area is 131 Å². The number of carbonyl (C=O) groups is 1. The van der Waals surface area contributed by atoms with Crippen molar-refractivity contribution in [3.8, 4) is 21.0 Å². The number of methoxy groups -OCH3 is 1. The molecule has 22 heavy (non-hydrogen) atoms.